The average molecular weight is 497 g/mol. The highest BCUT2D eigenvalue weighted by atomic mass is 19.1. The van der Waals surface area contributed by atoms with E-state index in [1.165, 1.54) is 6.07 Å². The molecule has 0 unspecified atom stereocenters. The normalized spacial score (nSPS) is 17.4. The molecular weight excluding hydrogens is 469 g/mol. The fourth-order valence-electron chi connectivity index (χ4n) is 5.07. The molecule has 36 heavy (non-hydrogen) atoms. The van der Waals surface area contributed by atoms with Gasteiger partial charge in [-0.15, -0.1) is 0 Å². The number of Topliss-reactive ketones (excluding diaryl/α,β-unsaturated/α-hetero) is 1. The SMILES string of the molecule is Nc1cc(F)c(-c2c(F)cccc2F)nc1C(=O)Cc1cnc2c(c1N1CCC[C@H](N)C1)CCCN2. The molecule has 5 N–H and O–H groups in total. The van der Waals surface area contributed by atoms with E-state index in [1.54, 1.807) is 6.20 Å². The van der Waals surface area contributed by atoms with Gasteiger partial charge < -0.3 is 21.7 Å². The van der Waals surface area contributed by atoms with Gasteiger partial charge in [-0.05, 0) is 37.8 Å². The molecule has 1 saturated heterocycles. The first kappa shape index (κ1) is 24.1. The molecule has 0 radical (unpaired) electrons. The topological polar surface area (TPSA) is 110 Å². The number of pyridine rings is 2. The molecule has 0 bridgehead atoms. The average Bonchev–Trinajstić information content (AvgIpc) is 2.85. The molecule has 5 rings (SSSR count). The number of halogens is 3. The lowest BCUT2D eigenvalue weighted by atomic mass is 9.95. The summed E-state index contributed by atoms with van der Waals surface area (Å²) in [5.74, 6) is -2.70. The minimum atomic E-state index is -1.02. The van der Waals surface area contributed by atoms with Crippen LogP contribution in [0, 0.1) is 17.5 Å². The van der Waals surface area contributed by atoms with Crippen molar-refractivity contribution in [2.75, 3.05) is 35.6 Å². The van der Waals surface area contributed by atoms with Crippen LogP contribution >= 0.6 is 0 Å². The molecule has 3 aromatic rings. The summed E-state index contributed by atoms with van der Waals surface area (Å²) >= 11 is 0. The Bertz CT molecular complexity index is 1310. The Balaban J connectivity index is 1.54. The van der Waals surface area contributed by atoms with Gasteiger partial charge in [-0.1, -0.05) is 6.07 Å². The number of nitrogens with zero attached hydrogens (tertiary/aromatic N) is 3. The lowest BCUT2D eigenvalue weighted by molar-refractivity contribution is 0.0989. The molecule has 1 atom stereocenters. The van der Waals surface area contributed by atoms with Gasteiger partial charge in [-0.25, -0.2) is 23.1 Å². The zero-order valence-electron chi connectivity index (χ0n) is 19.7. The first-order chi connectivity index (χ1) is 17.3. The number of piperidine rings is 1. The second-order valence-electron chi connectivity index (χ2n) is 9.29. The number of aromatic nitrogens is 2. The highest BCUT2D eigenvalue weighted by molar-refractivity contribution is 6.01. The number of nitrogens with one attached hydrogen (secondary N) is 1. The molecule has 10 heteroatoms. The van der Waals surface area contributed by atoms with E-state index >= 15 is 0 Å². The number of hydrogen-bond donors (Lipinski definition) is 3. The molecule has 2 aliphatic rings. The van der Waals surface area contributed by atoms with Crippen molar-refractivity contribution in [2.24, 2.45) is 5.73 Å². The van der Waals surface area contributed by atoms with Crippen molar-refractivity contribution in [3.05, 3.63) is 64.7 Å². The zero-order valence-corrected chi connectivity index (χ0v) is 19.7. The Morgan fingerprint density at radius 3 is 2.69 bits per heavy atom. The number of nitrogen functional groups attached to an aromatic ring is 1. The standard InChI is InChI=1S/C26H27F3N6O/c27-17-6-1-7-18(28)22(17)23-19(29)11-20(31)24(34-23)21(36)10-14-12-33-26-16(5-2-8-32-26)25(14)35-9-3-4-15(30)13-35/h1,6-7,11-12,15H,2-5,8-10,13,30-31H2,(H,32,33)/t15-/m0/s1. The molecule has 1 fully saturated rings. The van der Waals surface area contributed by atoms with E-state index in [9.17, 15) is 18.0 Å². The van der Waals surface area contributed by atoms with Crippen LogP contribution in [0.25, 0.3) is 11.3 Å². The Kier molecular flexibility index (Phi) is 6.53. The van der Waals surface area contributed by atoms with Crippen LogP contribution in [0.2, 0.25) is 0 Å². The smallest absolute Gasteiger partial charge is 0.187 e. The third kappa shape index (κ3) is 4.48. The van der Waals surface area contributed by atoms with Gasteiger partial charge >= 0.3 is 0 Å². The number of rotatable bonds is 5. The summed E-state index contributed by atoms with van der Waals surface area (Å²) < 4.78 is 43.4. The maximum Gasteiger partial charge on any atom is 0.187 e. The lowest BCUT2D eigenvalue weighted by Gasteiger charge is -2.36. The third-order valence-electron chi connectivity index (χ3n) is 6.72. The van der Waals surface area contributed by atoms with Crippen molar-refractivity contribution in [1.29, 1.82) is 0 Å². The van der Waals surface area contributed by atoms with Crippen molar-refractivity contribution in [3.8, 4) is 11.3 Å². The van der Waals surface area contributed by atoms with Crippen molar-refractivity contribution in [1.82, 2.24) is 9.97 Å². The van der Waals surface area contributed by atoms with Crippen molar-refractivity contribution >= 4 is 23.0 Å². The van der Waals surface area contributed by atoms with Crippen LogP contribution < -0.4 is 21.7 Å². The number of fused-ring (bicyclic) bond motifs is 1. The van der Waals surface area contributed by atoms with Crippen molar-refractivity contribution in [3.63, 3.8) is 0 Å². The third-order valence-corrected chi connectivity index (χ3v) is 6.72. The molecular formula is C26H27F3N6O. The number of anilines is 3. The number of hydrogen-bond acceptors (Lipinski definition) is 7. The summed E-state index contributed by atoms with van der Waals surface area (Å²) in [6, 6.07) is 4.07. The molecule has 2 aromatic heterocycles. The maximum absolute atomic E-state index is 14.7. The van der Waals surface area contributed by atoms with Gasteiger partial charge in [0, 0.05) is 61.2 Å². The van der Waals surface area contributed by atoms with Crippen LogP contribution in [0.15, 0.2) is 30.5 Å². The van der Waals surface area contributed by atoms with E-state index in [-0.39, 0.29) is 23.8 Å². The molecule has 0 amide bonds. The number of carbonyl (C=O) groups is 1. The molecule has 0 saturated carbocycles. The highest BCUT2D eigenvalue weighted by Crippen LogP contribution is 2.36. The number of carbonyl (C=O) groups excluding carboxylic acids is 1. The van der Waals surface area contributed by atoms with Gasteiger partial charge in [0.1, 0.15) is 28.8 Å². The van der Waals surface area contributed by atoms with Crippen molar-refractivity contribution < 1.29 is 18.0 Å². The quantitative estimate of drug-likeness (QED) is 0.460. The van der Waals surface area contributed by atoms with Crippen LogP contribution in [-0.4, -0.2) is 41.4 Å². The molecule has 4 heterocycles. The first-order valence-corrected chi connectivity index (χ1v) is 12.0. The molecule has 0 spiro atoms. The first-order valence-electron chi connectivity index (χ1n) is 12.0. The van der Waals surface area contributed by atoms with Crippen LogP contribution in [0.5, 0.6) is 0 Å². The predicted octanol–water partition coefficient (Wildman–Crippen LogP) is 3.85. The molecule has 7 nitrogen and oxygen atoms in total. The second-order valence-corrected chi connectivity index (χ2v) is 9.29. The van der Waals surface area contributed by atoms with E-state index in [0.717, 1.165) is 74.0 Å². The summed E-state index contributed by atoms with van der Waals surface area (Å²) in [5.41, 5.74) is 13.1. The summed E-state index contributed by atoms with van der Waals surface area (Å²) in [4.78, 5) is 24.2. The largest absolute Gasteiger partial charge is 0.397 e. The van der Waals surface area contributed by atoms with E-state index in [2.05, 4.69) is 20.2 Å². The van der Waals surface area contributed by atoms with Crippen LogP contribution in [0.4, 0.5) is 30.4 Å². The Labute approximate surface area is 206 Å². The van der Waals surface area contributed by atoms with Crippen LogP contribution in [-0.2, 0) is 12.8 Å². The lowest BCUT2D eigenvalue weighted by Crippen LogP contribution is -2.44. The minimum absolute atomic E-state index is 0.0234. The number of ketones is 1. The summed E-state index contributed by atoms with van der Waals surface area (Å²) in [5, 5.41) is 3.32. The Morgan fingerprint density at radius 2 is 1.94 bits per heavy atom. The van der Waals surface area contributed by atoms with E-state index in [0.29, 0.717) is 12.1 Å². The summed E-state index contributed by atoms with van der Waals surface area (Å²) in [6.07, 6.45) is 5.16. The minimum Gasteiger partial charge on any atom is -0.397 e. The summed E-state index contributed by atoms with van der Waals surface area (Å²) in [7, 11) is 0. The molecule has 188 valence electrons. The van der Waals surface area contributed by atoms with Crippen LogP contribution in [0.1, 0.15) is 40.9 Å². The maximum atomic E-state index is 14.7. The van der Waals surface area contributed by atoms with Gasteiger partial charge in [-0.3, -0.25) is 4.79 Å². The molecule has 2 aliphatic heterocycles. The fourth-order valence-corrected chi connectivity index (χ4v) is 5.07. The van der Waals surface area contributed by atoms with E-state index in [4.69, 9.17) is 11.5 Å². The molecule has 1 aromatic carbocycles. The van der Waals surface area contributed by atoms with Gasteiger partial charge in [0.2, 0.25) is 0 Å². The zero-order chi connectivity index (χ0) is 25.4. The number of benzene rings is 1. The van der Waals surface area contributed by atoms with Gasteiger partial charge in [0.05, 0.1) is 11.3 Å². The predicted molar refractivity (Wildman–Crippen MR) is 132 cm³/mol. The van der Waals surface area contributed by atoms with Crippen molar-refractivity contribution in [2.45, 2.75) is 38.1 Å². The van der Waals surface area contributed by atoms with Gasteiger partial charge in [-0.2, -0.15) is 0 Å². The van der Waals surface area contributed by atoms with Gasteiger partial charge in [0.25, 0.3) is 0 Å². The van der Waals surface area contributed by atoms with E-state index < -0.39 is 34.5 Å². The second kappa shape index (κ2) is 9.77. The van der Waals surface area contributed by atoms with E-state index in [1.807, 2.05) is 0 Å². The summed E-state index contributed by atoms with van der Waals surface area (Å²) in [6.45, 7) is 2.28. The highest BCUT2D eigenvalue weighted by Gasteiger charge is 2.28. The molecule has 0 aliphatic carbocycles. The number of nitrogens with two attached hydrogens (primary N) is 2. The van der Waals surface area contributed by atoms with Gasteiger partial charge in [0.15, 0.2) is 11.6 Å². The van der Waals surface area contributed by atoms with Crippen LogP contribution in [0.3, 0.4) is 0 Å². The Hall–Kier alpha value is -3.66. The Morgan fingerprint density at radius 1 is 1.17 bits per heavy atom. The monoisotopic (exact) mass is 496 g/mol. The fraction of sp³-hybridized carbons (Fsp3) is 0.346.